The minimum atomic E-state index is -0.163. The standard InChI is InChI=1S/C16H18BrNO/c1-10-5-4-6-13(11(10)2)16(18)14-9-12(19-3)7-8-15(14)17/h4-9,16H,18H2,1-3H3. The molecule has 0 saturated heterocycles. The quantitative estimate of drug-likeness (QED) is 0.923. The van der Waals surface area contributed by atoms with Crippen LogP contribution in [0.25, 0.3) is 0 Å². The van der Waals surface area contributed by atoms with Crippen molar-refractivity contribution in [2.24, 2.45) is 5.73 Å². The van der Waals surface area contributed by atoms with Gasteiger partial charge in [-0.05, 0) is 54.3 Å². The SMILES string of the molecule is COc1ccc(Br)c(C(N)c2cccc(C)c2C)c1. The lowest BCUT2D eigenvalue weighted by Crippen LogP contribution is -2.14. The van der Waals surface area contributed by atoms with E-state index in [1.54, 1.807) is 7.11 Å². The first-order chi connectivity index (χ1) is 9.04. The molecule has 2 aromatic carbocycles. The van der Waals surface area contributed by atoms with Crippen LogP contribution in [0.3, 0.4) is 0 Å². The van der Waals surface area contributed by atoms with Gasteiger partial charge in [0.05, 0.1) is 13.2 Å². The largest absolute Gasteiger partial charge is 0.497 e. The summed E-state index contributed by atoms with van der Waals surface area (Å²) in [5.74, 6) is 0.818. The Morgan fingerprint density at radius 3 is 2.53 bits per heavy atom. The predicted molar refractivity (Wildman–Crippen MR) is 82.6 cm³/mol. The molecule has 3 heteroatoms. The Hall–Kier alpha value is -1.32. The maximum Gasteiger partial charge on any atom is 0.119 e. The van der Waals surface area contributed by atoms with E-state index in [9.17, 15) is 0 Å². The van der Waals surface area contributed by atoms with E-state index in [1.165, 1.54) is 11.1 Å². The zero-order valence-electron chi connectivity index (χ0n) is 11.4. The lowest BCUT2D eigenvalue weighted by Gasteiger charge is -2.18. The monoisotopic (exact) mass is 319 g/mol. The van der Waals surface area contributed by atoms with E-state index in [0.717, 1.165) is 21.3 Å². The van der Waals surface area contributed by atoms with Crippen LogP contribution in [0.4, 0.5) is 0 Å². The van der Waals surface area contributed by atoms with Gasteiger partial charge < -0.3 is 10.5 Å². The Morgan fingerprint density at radius 1 is 1.11 bits per heavy atom. The first-order valence-corrected chi connectivity index (χ1v) is 6.99. The minimum Gasteiger partial charge on any atom is -0.497 e. The number of nitrogens with two attached hydrogens (primary N) is 1. The molecule has 0 aliphatic rings. The summed E-state index contributed by atoms with van der Waals surface area (Å²) in [4.78, 5) is 0. The molecule has 100 valence electrons. The van der Waals surface area contributed by atoms with Crippen LogP contribution in [-0.4, -0.2) is 7.11 Å². The average molecular weight is 320 g/mol. The maximum atomic E-state index is 6.42. The third kappa shape index (κ3) is 2.82. The lowest BCUT2D eigenvalue weighted by molar-refractivity contribution is 0.414. The normalized spacial score (nSPS) is 12.3. The molecule has 0 saturated carbocycles. The van der Waals surface area contributed by atoms with E-state index in [-0.39, 0.29) is 6.04 Å². The highest BCUT2D eigenvalue weighted by molar-refractivity contribution is 9.10. The molecular weight excluding hydrogens is 302 g/mol. The Bertz CT molecular complexity index is 595. The van der Waals surface area contributed by atoms with Crippen LogP contribution in [-0.2, 0) is 0 Å². The zero-order valence-corrected chi connectivity index (χ0v) is 13.0. The van der Waals surface area contributed by atoms with Crippen LogP contribution >= 0.6 is 15.9 Å². The van der Waals surface area contributed by atoms with Gasteiger partial charge in [-0.1, -0.05) is 34.1 Å². The van der Waals surface area contributed by atoms with Crippen molar-refractivity contribution >= 4 is 15.9 Å². The highest BCUT2D eigenvalue weighted by atomic mass is 79.9. The second-order valence-electron chi connectivity index (χ2n) is 4.65. The van der Waals surface area contributed by atoms with Gasteiger partial charge in [-0.2, -0.15) is 0 Å². The number of aryl methyl sites for hydroxylation is 1. The van der Waals surface area contributed by atoms with Gasteiger partial charge in [0.2, 0.25) is 0 Å². The van der Waals surface area contributed by atoms with Crippen molar-refractivity contribution in [3.05, 3.63) is 63.1 Å². The average Bonchev–Trinajstić information content (AvgIpc) is 2.42. The molecule has 0 radical (unpaired) electrons. The first-order valence-electron chi connectivity index (χ1n) is 6.19. The van der Waals surface area contributed by atoms with Crippen molar-refractivity contribution in [1.29, 1.82) is 0 Å². The number of ether oxygens (including phenoxy) is 1. The Balaban J connectivity index is 2.49. The highest BCUT2D eigenvalue weighted by Gasteiger charge is 2.15. The summed E-state index contributed by atoms with van der Waals surface area (Å²) in [6.45, 7) is 4.21. The third-order valence-corrected chi connectivity index (χ3v) is 4.24. The molecule has 2 N–H and O–H groups in total. The van der Waals surface area contributed by atoms with E-state index in [0.29, 0.717) is 0 Å². The molecule has 0 amide bonds. The van der Waals surface area contributed by atoms with Crippen LogP contribution in [0.2, 0.25) is 0 Å². The van der Waals surface area contributed by atoms with Crippen molar-refractivity contribution in [3.63, 3.8) is 0 Å². The van der Waals surface area contributed by atoms with Gasteiger partial charge in [-0.15, -0.1) is 0 Å². The summed E-state index contributed by atoms with van der Waals surface area (Å²) in [5, 5.41) is 0. The van der Waals surface area contributed by atoms with Gasteiger partial charge in [0.15, 0.2) is 0 Å². The minimum absolute atomic E-state index is 0.163. The number of benzene rings is 2. The molecule has 0 fully saturated rings. The smallest absolute Gasteiger partial charge is 0.119 e. The van der Waals surface area contributed by atoms with E-state index in [2.05, 4.69) is 41.9 Å². The Kier molecular flexibility index (Phi) is 4.27. The summed E-state index contributed by atoms with van der Waals surface area (Å²) in [6, 6.07) is 11.9. The maximum absolute atomic E-state index is 6.42. The predicted octanol–water partition coefficient (Wildman–Crippen LogP) is 4.12. The fourth-order valence-electron chi connectivity index (χ4n) is 2.17. The molecule has 0 aliphatic heterocycles. The topological polar surface area (TPSA) is 35.2 Å². The van der Waals surface area contributed by atoms with E-state index >= 15 is 0 Å². The van der Waals surface area contributed by atoms with Crippen LogP contribution in [0.5, 0.6) is 5.75 Å². The van der Waals surface area contributed by atoms with Crippen LogP contribution in [0.1, 0.15) is 28.3 Å². The van der Waals surface area contributed by atoms with Gasteiger partial charge in [0.1, 0.15) is 5.75 Å². The van der Waals surface area contributed by atoms with Crippen molar-refractivity contribution in [1.82, 2.24) is 0 Å². The van der Waals surface area contributed by atoms with Gasteiger partial charge in [-0.3, -0.25) is 0 Å². The van der Waals surface area contributed by atoms with Gasteiger partial charge >= 0.3 is 0 Å². The van der Waals surface area contributed by atoms with Crippen LogP contribution in [0.15, 0.2) is 40.9 Å². The van der Waals surface area contributed by atoms with Crippen LogP contribution in [0, 0.1) is 13.8 Å². The number of hydrogen-bond donors (Lipinski definition) is 1. The third-order valence-electron chi connectivity index (χ3n) is 3.52. The number of rotatable bonds is 3. The molecule has 2 aromatic rings. The molecule has 0 heterocycles. The second-order valence-corrected chi connectivity index (χ2v) is 5.51. The first kappa shape index (κ1) is 14.1. The van der Waals surface area contributed by atoms with Crippen LogP contribution < -0.4 is 10.5 Å². The summed E-state index contributed by atoms with van der Waals surface area (Å²) in [5.41, 5.74) is 11.1. The van der Waals surface area contributed by atoms with Crippen molar-refractivity contribution in [2.75, 3.05) is 7.11 Å². The number of methoxy groups -OCH3 is 1. The Labute approximate surface area is 122 Å². The second kappa shape index (κ2) is 5.76. The Morgan fingerprint density at radius 2 is 1.84 bits per heavy atom. The van der Waals surface area contributed by atoms with Crippen molar-refractivity contribution in [3.8, 4) is 5.75 Å². The molecule has 19 heavy (non-hydrogen) atoms. The summed E-state index contributed by atoms with van der Waals surface area (Å²) >= 11 is 3.57. The number of halogens is 1. The molecule has 1 unspecified atom stereocenters. The molecular formula is C16H18BrNO. The van der Waals surface area contributed by atoms with Crippen molar-refractivity contribution < 1.29 is 4.74 Å². The van der Waals surface area contributed by atoms with Crippen molar-refractivity contribution in [2.45, 2.75) is 19.9 Å². The molecule has 2 rings (SSSR count). The zero-order chi connectivity index (χ0) is 14.0. The number of hydrogen-bond acceptors (Lipinski definition) is 2. The molecule has 2 nitrogen and oxygen atoms in total. The molecule has 0 aromatic heterocycles. The summed E-state index contributed by atoms with van der Waals surface area (Å²) in [6.07, 6.45) is 0. The summed E-state index contributed by atoms with van der Waals surface area (Å²) in [7, 11) is 1.66. The highest BCUT2D eigenvalue weighted by Crippen LogP contribution is 2.32. The molecule has 1 atom stereocenters. The molecule has 0 bridgehead atoms. The lowest BCUT2D eigenvalue weighted by atomic mass is 9.93. The van der Waals surface area contributed by atoms with E-state index < -0.39 is 0 Å². The summed E-state index contributed by atoms with van der Waals surface area (Å²) < 4.78 is 6.28. The van der Waals surface area contributed by atoms with Gasteiger partial charge in [0.25, 0.3) is 0 Å². The van der Waals surface area contributed by atoms with E-state index in [4.69, 9.17) is 10.5 Å². The van der Waals surface area contributed by atoms with Gasteiger partial charge in [-0.25, -0.2) is 0 Å². The molecule has 0 aliphatic carbocycles. The fourth-order valence-corrected chi connectivity index (χ4v) is 2.66. The molecule has 0 spiro atoms. The fraction of sp³-hybridized carbons (Fsp3) is 0.250. The van der Waals surface area contributed by atoms with Gasteiger partial charge in [0, 0.05) is 4.47 Å². The van der Waals surface area contributed by atoms with E-state index in [1.807, 2.05) is 24.3 Å².